The van der Waals surface area contributed by atoms with Crippen molar-refractivity contribution in [3.05, 3.63) is 35.9 Å². The van der Waals surface area contributed by atoms with Crippen LogP contribution < -0.4 is 0 Å². The van der Waals surface area contributed by atoms with E-state index >= 15 is 0 Å². The minimum absolute atomic E-state index is 1.04. The van der Waals surface area contributed by atoms with Crippen molar-refractivity contribution in [3.63, 3.8) is 0 Å². The number of aryl methyl sites for hydroxylation is 1. The highest BCUT2D eigenvalue weighted by Gasteiger charge is 2.02. The Hall–Kier alpha value is -0.690. The molecule has 0 saturated carbocycles. The molecule has 0 unspecified atom stereocenters. The Morgan fingerprint density at radius 1 is 1.46 bits per heavy atom. The molecule has 1 aromatic rings. The van der Waals surface area contributed by atoms with E-state index < -0.39 is 0 Å². The van der Waals surface area contributed by atoms with Crippen LogP contribution in [0.1, 0.15) is 30.9 Å². The molecule has 0 N–H and O–H groups in total. The third-order valence-corrected chi connectivity index (χ3v) is 2.46. The summed E-state index contributed by atoms with van der Waals surface area (Å²) in [5.74, 6) is 0. The van der Waals surface area contributed by atoms with Gasteiger partial charge in [0.15, 0.2) is 0 Å². The van der Waals surface area contributed by atoms with Crippen LogP contribution in [0.3, 0.4) is 0 Å². The van der Waals surface area contributed by atoms with E-state index in [2.05, 4.69) is 51.3 Å². The lowest BCUT2D eigenvalue weighted by atomic mass is 10.0. The number of benzene rings is 1. The molecule has 0 aromatic heterocycles. The Balaban J connectivity index is 2.95. The van der Waals surface area contributed by atoms with E-state index in [9.17, 15) is 0 Å². The van der Waals surface area contributed by atoms with Crippen molar-refractivity contribution in [2.45, 2.75) is 31.6 Å². The predicted molar refractivity (Wildman–Crippen MR) is 62.4 cm³/mol. The Labute approximate surface area is 86.1 Å². The van der Waals surface area contributed by atoms with Crippen LogP contribution in [0.2, 0.25) is 0 Å². The Kier molecular flexibility index (Phi) is 3.61. The quantitative estimate of drug-likeness (QED) is 0.685. The van der Waals surface area contributed by atoms with Crippen molar-refractivity contribution in [1.82, 2.24) is 0 Å². The summed E-state index contributed by atoms with van der Waals surface area (Å²) in [7, 11) is 0. The molecular formula is C12H16S. The summed E-state index contributed by atoms with van der Waals surface area (Å²) in [6.45, 7) is 8.30. The molecule has 0 fully saturated rings. The number of hydrogen-bond acceptors (Lipinski definition) is 1. The smallest absolute Gasteiger partial charge is 0.0118 e. The summed E-state index contributed by atoms with van der Waals surface area (Å²) in [4.78, 5) is 1.04. The minimum atomic E-state index is 1.04. The second-order valence-electron chi connectivity index (χ2n) is 3.37. The third kappa shape index (κ3) is 2.63. The summed E-state index contributed by atoms with van der Waals surface area (Å²) >= 11 is 4.44. The van der Waals surface area contributed by atoms with Gasteiger partial charge >= 0.3 is 0 Å². The molecule has 0 nitrogen and oxygen atoms in total. The summed E-state index contributed by atoms with van der Waals surface area (Å²) < 4.78 is 0. The Bertz CT molecular complexity index is 313. The highest BCUT2D eigenvalue weighted by molar-refractivity contribution is 7.80. The fraction of sp³-hybridized carbons (Fsp3) is 0.333. The zero-order chi connectivity index (χ0) is 9.84. The molecular weight excluding hydrogens is 176 g/mol. The second kappa shape index (κ2) is 4.52. The fourth-order valence-corrected chi connectivity index (χ4v) is 1.81. The number of allylic oxidation sites excluding steroid dienone is 1. The molecule has 0 heterocycles. The van der Waals surface area contributed by atoms with Gasteiger partial charge < -0.3 is 0 Å². The van der Waals surface area contributed by atoms with E-state index in [4.69, 9.17) is 0 Å². The average Bonchev–Trinajstić information content (AvgIpc) is 2.04. The molecule has 1 rings (SSSR count). The molecule has 0 aliphatic heterocycles. The van der Waals surface area contributed by atoms with Gasteiger partial charge in [-0.1, -0.05) is 32.1 Å². The molecule has 0 aliphatic rings. The molecule has 0 saturated heterocycles. The lowest BCUT2D eigenvalue weighted by Crippen LogP contribution is -1.86. The summed E-state index contributed by atoms with van der Waals surface area (Å²) in [6.07, 6.45) is 2.19. The molecule has 1 heteroatoms. The summed E-state index contributed by atoms with van der Waals surface area (Å²) in [6, 6.07) is 6.30. The average molecular weight is 192 g/mol. The third-order valence-electron chi connectivity index (χ3n) is 2.09. The van der Waals surface area contributed by atoms with E-state index in [1.807, 2.05) is 0 Å². The molecule has 13 heavy (non-hydrogen) atoms. The lowest BCUT2D eigenvalue weighted by Gasteiger charge is -2.08. The summed E-state index contributed by atoms with van der Waals surface area (Å²) in [5, 5.41) is 0. The minimum Gasteiger partial charge on any atom is -0.143 e. The van der Waals surface area contributed by atoms with Gasteiger partial charge in [-0.3, -0.25) is 0 Å². The maximum Gasteiger partial charge on any atom is 0.0118 e. The van der Waals surface area contributed by atoms with Crippen molar-refractivity contribution in [2.75, 3.05) is 0 Å². The molecule has 0 aliphatic carbocycles. The van der Waals surface area contributed by atoms with Gasteiger partial charge in [-0.15, -0.1) is 12.6 Å². The molecule has 0 amide bonds. The maximum atomic E-state index is 4.44. The van der Waals surface area contributed by atoms with Crippen LogP contribution in [-0.2, 0) is 0 Å². The van der Waals surface area contributed by atoms with Gasteiger partial charge in [0.1, 0.15) is 0 Å². The first kappa shape index (κ1) is 10.4. The number of rotatable bonds is 3. The van der Waals surface area contributed by atoms with Crippen molar-refractivity contribution in [3.8, 4) is 0 Å². The monoisotopic (exact) mass is 192 g/mol. The van der Waals surface area contributed by atoms with E-state index in [1.54, 1.807) is 0 Å². The molecule has 0 spiro atoms. The topological polar surface area (TPSA) is 0 Å². The van der Waals surface area contributed by atoms with E-state index in [-0.39, 0.29) is 0 Å². The van der Waals surface area contributed by atoms with Gasteiger partial charge in [-0.2, -0.15) is 0 Å². The van der Waals surface area contributed by atoms with Crippen LogP contribution in [0.4, 0.5) is 0 Å². The molecule has 70 valence electrons. The highest BCUT2D eigenvalue weighted by atomic mass is 32.1. The standard InChI is InChI=1S/C12H16S/c1-4-5-10(3)11-7-6-9(2)8-12(11)13/h6-8,13H,3-5H2,1-2H3. The first-order chi connectivity index (χ1) is 6.15. The summed E-state index contributed by atoms with van der Waals surface area (Å²) in [5.41, 5.74) is 3.63. The van der Waals surface area contributed by atoms with Gasteiger partial charge in [0.2, 0.25) is 0 Å². The molecule has 0 atom stereocenters. The van der Waals surface area contributed by atoms with Gasteiger partial charge in [-0.05, 0) is 36.1 Å². The van der Waals surface area contributed by atoms with Crippen LogP contribution in [0, 0.1) is 6.92 Å². The zero-order valence-electron chi connectivity index (χ0n) is 8.30. The van der Waals surface area contributed by atoms with Crippen LogP contribution in [0.15, 0.2) is 29.7 Å². The fourth-order valence-electron chi connectivity index (χ4n) is 1.38. The van der Waals surface area contributed by atoms with Crippen molar-refractivity contribution < 1.29 is 0 Å². The largest absolute Gasteiger partial charge is 0.143 e. The second-order valence-corrected chi connectivity index (χ2v) is 3.86. The van der Waals surface area contributed by atoms with Crippen LogP contribution in [0.5, 0.6) is 0 Å². The normalized spacial score (nSPS) is 10.1. The maximum absolute atomic E-state index is 4.44. The van der Waals surface area contributed by atoms with Crippen molar-refractivity contribution >= 4 is 18.2 Å². The zero-order valence-corrected chi connectivity index (χ0v) is 9.20. The highest BCUT2D eigenvalue weighted by Crippen LogP contribution is 2.25. The Morgan fingerprint density at radius 3 is 2.69 bits per heavy atom. The first-order valence-corrected chi connectivity index (χ1v) is 5.07. The number of hydrogen-bond donors (Lipinski definition) is 1. The SMILES string of the molecule is C=C(CCC)c1ccc(C)cc1S. The van der Waals surface area contributed by atoms with Gasteiger partial charge in [0.25, 0.3) is 0 Å². The van der Waals surface area contributed by atoms with Gasteiger partial charge in [0, 0.05) is 4.90 Å². The van der Waals surface area contributed by atoms with Crippen LogP contribution in [-0.4, -0.2) is 0 Å². The van der Waals surface area contributed by atoms with Crippen LogP contribution >= 0.6 is 12.6 Å². The van der Waals surface area contributed by atoms with E-state index in [1.165, 1.54) is 16.7 Å². The van der Waals surface area contributed by atoms with Gasteiger partial charge in [0.05, 0.1) is 0 Å². The predicted octanol–water partition coefficient (Wildman–Crippen LogP) is 4.10. The van der Waals surface area contributed by atoms with Crippen molar-refractivity contribution in [1.29, 1.82) is 0 Å². The van der Waals surface area contributed by atoms with E-state index in [0.29, 0.717) is 0 Å². The number of thiol groups is 1. The van der Waals surface area contributed by atoms with Crippen LogP contribution in [0.25, 0.3) is 5.57 Å². The molecule has 0 bridgehead atoms. The Morgan fingerprint density at radius 2 is 2.15 bits per heavy atom. The molecule has 1 aromatic carbocycles. The first-order valence-electron chi connectivity index (χ1n) is 4.63. The van der Waals surface area contributed by atoms with Gasteiger partial charge in [-0.25, -0.2) is 0 Å². The van der Waals surface area contributed by atoms with E-state index in [0.717, 1.165) is 17.7 Å². The lowest BCUT2D eigenvalue weighted by molar-refractivity contribution is 0.971. The van der Waals surface area contributed by atoms with Crippen molar-refractivity contribution in [2.24, 2.45) is 0 Å². The molecule has 0 radical (unpaired) electrons.